The molecule has 0 radical (unpaired) electrons. The van der Waals surface area contributed by atoms with E-state index in [-0.39, 0.29) is 24.0 Å². The van der Waals surface area contributed by atoms with Crippen LogP contribution in [0.4, 0.5) is 5.69 Å². The van der Waals surface area contributed by atoms with E-state index in [9.17, 15) is 0 Å². The van der Waals surface area contributed by atoms with Gasteiger partial charge in [-0.3, -0.25) is 0 Å². The fourth-order valence-corrected chi connectivity index (χ4v) is 1.91. The van der Waals surface area contributed by atoms with Gasteiger partial charge in [0.1, 0.15) is 0 Å². The molecule has 3 N–H and O–H groups in total. The largest absolute Gasteiger partial charge is 0.370 e. The molecule has 0 heterocycles. The van der Waals surface area contributed by atoms with Gasteiger partial charge in [-0.25, -0.2) is 4.99 Å². The Bertz CT molecular complexity index is 649. The molecule has 0 aromatic heterocycles. The summed E-state index contributed by atoms with van der Waals surface area (Å²) in [5.41, 5.74) is 10.5. The average molecular weight is 407 g/mol. The highest BCUT2D eigenvalue weighted by molar-refractivity contribution is 14.0. The topological polar surface area (TPSA) is 50.4 Å². The number of hydrogen-bond acceptors (Lipinski definition) is 1. The molecule has 3 nitrogen and oxygen atoms in total. The van der Waals surface area contributed by atoms with E-state index in [0.29, 0.717) is 12.5 Å². The molecule has 116 valence electrons. The van der Waals surface area contributed by atoms with Crippen LogP contribution in [0.15, 0.2) is 59.6 Å². The number of anilines is 1. The van der Waals surface area contributed by atoms with Gasteiger partial charge < -0.3 is 11.1 Å². The standard InChI is InChI=1S/C18H21N3.HI/c1-14-10-11-17(13-15(14)2)21-18(19)20-12-6-9-16-7-4-3-5-8-16;/h3-11,13H,12H2,1-2H3,(H3,19,20,21);1H. The zero-order valence-electron chi connectivity index (χ0n) is 12.9. The molecular formula is C18H22IN3. The molecule has 0 aliphatic heterocycles. The molecule has 0 atom stereocenters. The van der Waals surface area contributed by atoms with Gasteiger partial charge in [-0.15, -0.1) is 24.0 Å². The lowest BCUT2D eigenvalue weighted by Gasteiger charge is -2.07. The Kier molecular flexibility index (Phi) is 7.66. The third-order valence-corrected chi connectivity index (χ3v) is 3.26. The van der Waals surface area contributed by atoms with E-state index in [4.69, 9.17) is 5.73 Å². The molecule has 0 spiro atoms. The van der Waals surface area contributed by atoms with Gasteiger partial charge in [-0.1, -0.05) is 48.6 Å². The lowest BCUT2D eigenvalue weighted by Crippen LogP contribution is -2.22. The summed E-state index contributed by atoms with van der Waals surface area (Å²) in [6.07, 6.45) is 4.02. The van der Waals surface area contributed by atoms with Crippen molar-refractivity contribution in [3.63, 3.8) is 0 Å². The van der Waals surface area contributed by atoms with Gasteiger partial charge in [0.05, 0.1) is 6.54 Å². The number of benzene rings is 2. The minimum absolute atomic E-state index is 0. The van der Waals surface area contributed by atoms with E-state index in [1.165, 1.54) is 11.1 Å². The van der Waals surface area contributed by atoms with Crippen LogP contribution < -0.4 is 11.1 Å². The van der Waals surface area contributed by atoms with Crippen molar-refractivity contribution in [1.29, 1.82) is 0 Å². The first-order chi connectivity index (χ1) is 10.1. The number of nitrogens with zero attached hydrogens (tertiary/aromatic N) is 1. The average Bonchev–Trinajstić information content (AvgIpc) is 2.49. The van der Waals surface area contributed by atoms with Gasteiger partial charge in [-0.2, -0.15) is 0 Å². The van der Waals surface area contributed by atoms with E-state index in [1.54, 1.807) is 0 Å². The maximum absolute atomic E-state index is 5.88. The van der Waals surface area contributed by atoms with Crippen LogP contribution >= 0.6 is 24.0 Å². The summed E-state index contributed by atoms with van der Waals surface area (Å²) >= 11 is 0. The quantitative estimate of drug-likeness (QED) is 0.450. The number of halogens is 1. The van der Waals surface area contributed by atoms with E-state index in [1.807, 2.05) is 36.4 Å². The fourth-order valence-electron chi connectivity index (χ4n) is 1.91. The number of nitrogens with one attached hydrogen (secondary N) is 1. The minimum Gasteiger partial charge on any atom is -0.370 e. The molecule has 2 aromatic carbocycles. The lowest BCUT2D eigenvalue weighted by molar-refractivity contribution is 1.23. The first kappa shape index (κ1) is 18.2. The van der Waals surface area contributed by atoms with Crippen LogP contribution in [0.2, 0.25) is 0 Å². The predicted molar refractivity (Wildman–Crippen MR) is 107 cm³/mol. The highest BCUT2D eigenvalue weighted by Crippen LogP contribution is 2.13. The smallest absolute Gasteiger partial charge is 0.193 e. The van der Waals surface area contributed by atoms with Crippen molar-refractivity contribution in [1.82, 2.24) is 0 Å². The maximum atomic E-state index is 5.88. The number of aryl methyl sites for hydroxylation is 2. The predicted octanol–water partition coefficient (Wildman–Crippen LogP) is 4.36. The van der Waals surface area contributed by atoms with Crippen LogP contribution in [0, 0.1) is 13.8 Å². The van der Waals surface area contributed by atoms with E-state index in [2.05, 4.69) is 48.4 Å². The van der Waals surface area contributed by atoms with Gasteiger partial charge in [0.15, 0.2) is 5.96 Å². The molecule has 0 fully saturated rings. The molecule has 2 rings (SSSR count). The summed E-state index contributed by atoms with van der Waals surface area (Å²) in [7, 11) is 0. The van der Waals surface area contributed by atoms with Crippen LogP contribution in [-0.4, -0.2) is 12.5 Å². The Morgan fingerprint density at radius 2 is 1.82 bits per heavy atom. The second kappa shape index (κ2) is 9.25. The maximum Gasteiger partial charge on any atom is 0.193 e. The Morgan fingerprint density at radius 3 is 2.50 bits per heavy atom. The third-order valence-electron chi connectivity index (χ3n) is 3.26. The zero-order chi connectivity index (χ0) is 15.1. The van der Waals surface area contributed by atoms with Gasteiger partial charge >= 0.3 is 0 Å². The Labute approximate surface area is 149 Å². The summed E-state index contributed by atoms with van der Waals surface area (Å²) in [6.45, 7) is 4.72. The summed E-state index contributed by atoms with van der Waals surface area (Å²) < 4.78 is 0. The van der Waals surface area contributed by atoms with Crippen LogP contribution in [0.25, 0.3) is 6.08 Å². The SMILES string of the molecule is Cc1ccc(NC(N)=NCC=Cc2ccccc2)cc1C.I. The summed E-state index contributed by atoms with van der Waals surface area (Å²) in [4.78, 5) is 4.28. The first-order valence-corrected chi connectivity index (χ1v) is 7.01. The molecule has 2 aromatic rings. The summed E-state index contributed by atoms with van der Waals surface area (Å²) in [5, 5.41) is 3.10. The Hall–Kier alpha value is -1.82. The number of rotatable bonds is 4. The number of guanidine groups is 1. The molecule has 0 saturated carbocycles. The zero-order valence-corrected chi connectivity index (χ0v) is 15.2. The summed E-state index contributed by atoms with van der Waals surface area (Å²) in [5.74, 6) is 0.427. The van der Waals surface area contributed by atoms with Gasteiger partial charge in [0, 0.05) is 5.69 Å². The molecule has 0 saturated heterocycles. The molecular weight excluding hydrogens is 385 g/mol. The van der Waals surface area contributed by atoms with Crippen molar-refractivity contribution in [2.45, 2.75) is 13.8 Å². The Morgan fingerprint density at radius 1 is 1.09 bits per heavy atom. The van der Waals surface area contributed by atoms with Crippen molar-refractivity contribution in [3.05, 3.63) is 71.3 Å². The fraction of sp³-hybridized carbons (Fsp3) is 0.167. The van der Waals surface area contributed by atoms with Gasteiger partial charge in [0.25, 0.3) is 0 Å². The van der Waals surface area contributed by atoms with Crippen molar-refractivity contribution in [3.8, 4) is 0 Å². The van der Waals surface area contributed by atoms with E-state index < -0.39 is 0 Å². The molecule has 0 aliphatic carbocycles. The first-order valence-electron chi connectivity index (χ1n) is 7.01. The monoisotopic (exact) mass is 407 g/mol. The molecule has 0 bridgehead atoms. The van der Waals surface area contributed by atoms with Crippen LogP contribution in [0.5, 0.6) is 0 Å². The van der Waals surface area contributed by atoms with E-state index in [0.717, 1.165) is 11.3 Å². The van der Waals surface area contributed by atoms with E-state index >= 15 is 0 Å². The second-order valence-electron chi connectivity index (χ2n) is 4.96. The molecule has 4 heteroatoms. The second-order valence-corrected chi connectivity index (χ2v) is 4.96. The molecule has 0 amide bonds. The number of aliphatic imine (C=N–C) groups is 1. The van der Waals surface area contributed by atoms with Crippen LogP contribution in [-0.2, 0) is 0 Å². The van der Waals surface area contributed by atoms with Gasteiger partial charge in [-0.05, 0) is 42.7 Å². The normalized spacial score (nSPS) is 11.3. The Balaban J connectivity index is 0.00000242. The van der Waals surface area contributed by atoms with Crippen LogP contribution in [0.1, 0.15) is 16.7 Å². The third kappa shape index (κ3) is 5.89. The molecule has 0 aliphatic rings. The van der Waals surface area contributed by atoms with Crippen molar-refractivity contribution < 1.29 is 0 Å². The van der Waals surface area contributed by atoms with Gasteiger partial charge in [0.2, 0.25) is 0 Å². The van der Waals surface area contributed by atoms with Crippen molar-refractivity contribution in [2.24, 2.45) is 10.7 Å². The minimum atomic E-state index is 0. The lowest BCUT2D eigenvalue weighted by atomic mass is 10.1. The number of hydrogen-bond donors (Lipinski definition) is 2. The molecule has 22 heavy (non-hydrogen) atoms. The summed E-state index contributed by atoms with van der Waals surface area (Å²) in [6, 6.07) is 16.3. The van der Waals surface area contributed by atoms with Crippen LogP contribution in [0.3, 0.4) is 0 Å². The van der Waals surface area contributed by atoms with Crippen molar-refractivity contribution >= 4 is 41.7 Å². The highest BCUT2D eigenvalue weighted by atomic mass is 127. The highest BCUT2D eigenvalue weighted by Gasteiger charge is 1.97. The van der Waals surface area contributed by atoms with Crippen molar-refractivity contribution in [2.75, 3.05) is 11.9 Å². The molecule has 0 unspecified atom stereocenters. The number of nitrogens with two attached hydrogens (primary N) is 1.